The maximum Gasteiger partial charge on any atom is 0.356 e. The van der Waals surface area contributed by atoms with Crippen LogP contribution in [0, 0.1) is 0 Å². The van der Waals surface area contributed by atoms with E-state index in [-0.39, 0.29) is 18.1 Å². The third kappa shape index (κ3) is 1.50. The van der Waals surface area contributed by atoms with Crippen LogP contribution in [0.1, 0.15) is 18.1 Å². The van der Waals surface area contributed by atoms with E-state index in [9.17, 15) is 9.59 Å². The fraction of sp³-hybridized carbons (Fsp3) is 0.286. The van der Waals surface area contributed by atoms with Crippen molar-refractivity contribution in [3.8, 4) is 0 Å². The van der Waals surface area contributed by atoms with Gasteiger partial charge in [-0.15, -0.1) is 0 Å². The summed E-state index contributed by atoms with van der Waals surface area (Å²) in [7, 11) is 0. The molecule has 1 aromatic heterocycles. The predicted octanol–water partition coefficient (Wildman–Crippen LogP) is -0.124. The lowest BCUT2D eigenvalue weighted by Crippen LogP contribution is -2.28. The number of nitrogen functional groups attached to an aromatic ring is 1. The first-order valence-corrected chi connectivity index (χ1v) is 3.53. The van der Waals surface area contributed by atoms with Gasteiger partial charge in [0, 0.05) is 12.6 Å². The monoisotopic (exact) mass is 167 g/mol. The summed E-state index contributed by atoms with van der Waals surface area (Å²) in [6, 6.07) is 1.41. The summed E-state index contributed by atoms with van der Waals surface area (Å²) < 4.78 is 0.941. The Balaban J connectivity index is 3.19. The van der Waals surface area contributed by atoms with Crippen molar-refractivity contribution in [1.82, 2.24) is 9.55 Å². The minimum absolute atomic E-state index is 0.125. The van der Waals surface area contributed by atoms with E-state index in [1.54, 1.807) is 6.92 Å². The van der Waals surface area contributed by atoms with Crippen molar-refractivity contribution in [1.29, 1.82) is 0 Å². The largest absolute Gasteiger partial charge is 0.383 e. The van der Waals surface area contributed by atoms with Gasteiger partial charge in [0.2, 0.25) is 5.91 Å². The molecule has 0 amide bonds. The first-order valence-electron chi connectivity index (χ1n) is 3.53. The highest BCUT2D eigenvalue weighted by molar-refractivity contribution is 5.78. The smallest absolute Gasteiger partial charge is 0.356 e. The predicted molar refractivity (Wildman–Crippen MR) is 43.8 cm³/mol. The molecule has 0 spiro atoms. The Bertz CT molecular complexity index is 356. The average molecular weight is 167 g/mol. The zero-order chi connectivity index (χ0) is 9.14. The van der Waals surface area contributed by atoms with Gasteiger partial charge in [0.15, 0.2) is 0 Å². The Morgan fingerprint density at radius 2 is 2.42 bits per heavy atom. The van der Waals surface area contributed by atoms with Gasteiger partial charge in [0.05, 0.1) is 0 Å². The zero-order valence-corrected chi connectivity index (χ0v) is 6.65. The SMILES string of the molecule is CCC(=O)n1ccc(N)nc1=O. The number of hydrogen-bond donors (Lipinski definition) is 1. The highest BCUT2D eigenvalue weighted by Gasteiger charge is 2.03. The van der Waals surface area contributed by atoms with E-state index in [1.165, 1.54) is 12.3 Å². The average Bonchev–Trinajstić information content (AvgIpc) is 2.03. The number of nitrogens with two attached hydrogens (primary N) is 1. The Morgan fingerprint density at radius 1 is 1.75 bits per heavy atom. The second kappa shape index (κ2) is 3.17. The molecule has 0 unspecified atom stereocenters. The summed E-state index contributed by atoms with van der Waals surface area (Å²) >= 11 is 0. The van der Waals surface area contributed by atoms with E-state index in [0.717, 1.165) is 4.57 Å². The van der Waals surface area contributed by atoms with E-state index >= 15 is 0 Å². The molecular formula is C7H9N3O2. The Kier molecular flexibility index (Phi) is 2.23. The van der Waals surface area contributed by atoms with Crippen LogP contribution >= 0.6 is 0 Å². The highest BCUT2D eigenvalue weighted by Crippen LogP contribution is 1.90. The first kappa shape index (κ1) is 8.45. The molecule has 64 valence electrons. The molecular weight excluding hydrogens is 158 g/mol. The van der Waals surface area contributed by atoms with Crippen LogP contribution < -0.4 is 11.4 Å². The number of rotatable bonds is 1. The van der Waals surface area contributed by atoms with E-state index in [4.69, 9.17) is 5.73 Å². The third-order valence-corrected chi connectivity index (χ3v) is 1.40. The summed E-state index contributed by atoms with van der Waals surface area (Å²) in [6.07, 6.45) is 1.60. The van der Waals surface area contributed by atoms with Gasteiger partial charge >= 0.3 is 5.69 Å². The lowest BCUT2D eigenvalue weighted by Gasteiger charge is -1.99. The molecule has 1 aromatic rings. The highest BCUT2D eigenvalue weighted by atomic mass is 16.2. The van der Waals surface area contributed by atoms with Crippen molar-refractivity contribution in [2.45, 2.75) is 13.3 Å². The Hall–Kier alpha value is -1.65. The number of hydrogen-bond acceptors (Lipinski definition) is 4. The molecule has 0 fully saturated rings. The summed E-state index contributed by atoms with van der Waals surface area (Å²) in [5.41, 5.74) is 4.61. The van der Waals surface area contributed by atoms with Gasteiger partial charge < -0.3 is 5.73 Å². The topological polar surface area (TPSA) is 78.0 Å². The quantitative estimate of drug-likeness (QED) is 0.632. The van der Waals surface area contributed by atoms with Crippen molar-refractivity contribution in [3.05, 3.63) is 22.7 Å². The van der Waals surface area contributed by atoms with Crippen LogP contribution in [0.2, 0.25) is 0 Å². The zero-order valence-electron chi connectivity index (χ0n) is 6.65. The maximum atomic E-state index is 11.0. The van der Waals surface area contributed by atoms with Crippen LogP contribution in [0.15, 0.2) is 17.1 Å². The number of carbonyl (C=O) groups is 1. The van der Waals surface area contributed by atoms with Gasteiger partial charge in [-0.25, -0.2) is 9.36 Å². The lowest BCUT2D eigenvalue weighted by molar-refractivity contribution is 0.0903. The van der Waals surface area contributed by atoms with E-state index in [0.29, 0.717) is 0 Å². The van der Waals surface area contributed by atoms with E-state index in [1.807, 2.05) is 0 Å². The van der Waals surface area contributed by atoms with E-state index < -0.39 is 5.69 Å². The van der Waals surface area contributed by atoms with Gasteiger partial charge in [-0.2, -0.15) is 4.98 Å². The molecule has 12 heavy (non-hydrogen) atoms. The molecule has 2 N–H and O–H groups in total. The summed E-state index contributed by atoms with van der Waals surface area (Å²) in [6.45, 7) is 1.67. The molecule has 5 heteroatoms. The van der Waals surface area contributed by atoms with Gasteiger partial charge in [-0.3, -0.25) is 4.79 Å². The van der Waals surface area contributed by atoms with Crippen molar-refractivity contribution in [3.63, 3.8) is 0 Å². The van der Waals surface area contributed by atoms with Crippen LogP contribution in [-0.4, -0.2) is 15.5 Å². The molecule has 0 radical (unpaired) electrons. The summed E-state index contributed by atoms with van der Waals surface area (Å²) in [5.74, 6) is -0.160. The molecule has 0 aliphatic rings. The van der Waals surface area contributed by atoms with Crippen molar-refractivity contribution < 1.29 is 4.79 Å². The number of anilines is 1. The molecule has 1 heterocycles. The number of nitrogens with zero attached hydrogens (tertiary/aromatic N) is 2. The molecule has 5 nitrogen and oxygen atoms in total. The molecule has 0 saturated heterocycles. The second-order valence-corrected chi connectivity index (χ2v) is 2.25. The molecule has 0 aliphatic heterocycles. The van der Waals surface area contributed by atoms with Gasteiger partial charge in [-0.1, -0.05) is 6.92 Å². The number of carbonyl (C=O) groups excluding carboxylic acids is 1. The fourth-order valence-electron chi connectivity index (χ4n) is 0.776. The summed E-state index contributed by atoms with van der Waals surface area (Å²) in [5, 5.41) is 0. The number of aromatic nitrogens is 2. The van der Waals surface area contributed by atoms with Crippen LogP contribution in [-0.2, 0) is 0 Å². The third-order valence-electron chi connectivity index (χ3n) is 1.40. The van der Waals surface area contributed by atoms with E-state index in [2.05, 4.69) is 4.98 Å². The van der Waals surface area contributed by atoms with Gasteiger partial charge in [-0.05, 0) is 6.07 Å². The molecule has 0 atom stereocenters. The van der Waals surface area contributed by atoms with Crippen molar-refractivity contribution >= 4 is 11.7 Å². The Morgan fingerprint density at radius 3 is 2.92 bits per heavy atom. The van der Waals surface area contributed by atoms with Crippen molar-refractivity contribution in [2.24, 2.45) is 0 Å². The van der Waals surface area contributed by atoms with Crippen LogP contribution in [0.3, 0.4) is 0 Å². The lowest BCUT2D eigenvalue weighted by atomic mass is 10.4. The molecule has 0 aromatic carbocycles. The fourth-order valence-corrected chi connectivity index (χ4v) is 0.776. The normalized spacial score (nSPS) is 9.75. The standard InChI is InChI=1S/C7H9N3O2/c1-2-6(11)10-4-3-5(8)9-7(10)12/h3-4H,2H2,1H3,(H2,8,9,12). The minimum Gasteiger partial charge on any atom is -0.383 e. The van der Waals surface area contributed by atoms with Crippen LogP contribution in [0.25, 0.3) is 0 Å². The summed E-state index contributed by atoms with van der Waals surface area (Å²) in [4.78, 5) is 25.4. The maximum absolute atomic E-state index is 11.0. The van der Waals surface area contributed by atoms with Crippen LogP contribution in [0.5, 0.6) is 0 Å². The minimum atomic E-state index is -0.623. The van der Waals surface area contributed by atoms with Crippen molar-refractivity contribution in [2.75, 3.05) is 5.73 Å². The van der Waals surface area contributed by atoms with Crippen LogP contribution in [0.4, 0.5) is 5.82 Å². The van der Waals surface area contributed by atoms with Gasteiger partial charge in [0.25, 0.3) is 0 Å². The van der Waals surface area contributed by atoms with Gasteiger partial charge in [0.1, 0.15) is 5.82 Å². The molecule has 0 aliphatic carbocycles. The Labute approximate surface area is 68.8 Å². The molecule has 1 rings (SSSR count). The molecule has 0 saturated carbocycles. The second-order valence-electron chi connectivity index (χ2n) is 2.25. The first-order chi connectivity index (χ1) is 5.65. The molecule has 0 bridgehead atoms.